The van der Waals surface area contributed by atoms with Gasteiger partial charge in [-0.1, -0.05) is 0 Å². The fraction of sp³-hybridized carbons (Fsp3) is 0.263. The SMILES string of the molecule is COCCCn1cc(C(=O)c2cc(F)ccc2OCC(N)=O)cc(C#N)c1=O. The topological polar surface area (TPSA) is 124 Å². The number of aryl methyl sites for hydroxylation is 1. The molecule has 2 N–H and O–H groups in total. The Hall–Kier alpha value is -3.51. The van der Waals surface area contributed by atoms with Gasteiger partial charge in [0.25, 0.3) is 11.5 Å². The van der Waals surface area contributed by atoms with E-state index in [9.17, 15) is 24.0 Å². The van der Waals surface area contributed by atoms with Gasteiger partial charge in [-0.05, 0) is 30.7 Å². The van der Waals surface area contributed by atoms with Crippen LogP contribution in [0.5, 0.6) is 5.75 Å². The number of pyridine rings is 1. The molecule has 8 nitrogen and oxygen atoms in total. The second kappa shape index (κ2) is 9.43. The molecule has 0 fully saturated rings. The maximum atomic E-state index is 13.7. The van der Waals surface area contributed by atoms with Crippen molar-refractivity contribution < 1.29 is 23.5 Å². The smallest absolute Gasteiger partial charge is 0.268 e. The lowest BCUT2D eigenvalue weighted by Crippen LogP contribution is -2.25. The van der Waals surface area contributed by atoms with E-state index in [4.69, 9.17) is 15.2 Å². The summed E-state index contributed by atoms with van der Waals surface area (Å²) in [7, 11) is 1.51. The van der Waals surface area contributed by atoms with Crippen LogP contribution in [0, 0.1) is 17.1 Å². The summed E-state index contributed by atoms with van der Waals surface area (Å²) in [6.45, 7) is 0.129. The first-order valence-electron chi connectivity index (χ1n) is 8.26. The number of nitrogens with two attached hydrogens (primary N) is 1. The third-order valence-corrected chi connectivity index (χ3v) is 3.77. The van der Waals surface area contributed by atoms with Crippen LogP contribution >= 0.6 is 0 Å². The molecule has 0 unspecified atom stereocenters. The zero-order chi connectivity index (χ0) is 20.7. The molecule has 0 spiro atoms. The second-order valence-corrected chi connectivity index (χ2v) is 5.82. The van der Waals surface area contributed by atoms with Crippen LogP contribution in [0.15, 0.2) is 35.3 Å². The van der Waals surface area contributed by atoms with Gasteiger partial charge in [0.05, 0.1) is 5.56 Å². The van der Waals surface area contributed by atoms with Crippen molar-refractivity contribution >= 4 is 11.7 Å². The third-order valence-electron chi connectivity index (χ3n) is 3.77. The number of ether oxygens (including phenoxy) is 2. The maximum Gasteiger partial charge on any atom is 0.268 e. The Morgan fingerprint density at radius 2 is 2.07 bits per heavy atom. The summed E-state index contributed by atoms with van der Waals surface area (Å²) in [6.07, 6.45) is 1.79. The van der Waals surface area contributed by atoms with Crippen LogP contribution in [0.3, 0.4) is 0 Å². The number of nitriles is 1. The van der Waals surface area contributed by atoms with Crippen LogP contribution in [0.1, 0.15) is 27.9 Å². The molecule has 0 radical (unpaired) electrons. The number of amides is 1. The minimum Gasteiger partial charge on any atom is -0.483 e. The summed E-state index contributed by atoms with van der Waals surface area (Å²) in [4.78, 5) is 36.1. The molecule has 2 aromatic rings. The number of halogens is 1. The quantitative estimate of drug-likeness (QED) is 0.505. The van der Waals surface area contributed by atoms with Crippen molar-refractivity contribution in [1.29, 1.82) is 5.26 Å². The molecule has 2 rings (SSSR count). The average Bonchev–Trinajstić information content (AvgIpc) is 2.67. The first-order chi connectivity index (χ1) is 13.4. The highest BCUT2D eigenvalue weighted by atomic mass is 19.1. The van der Waals surface area contributed by atoms with E-state index >= 15 is 0 Å². The number of nitrogens with zero attached hydrogens (tertiary/aromatic N) is 2. The van der Waals surface area contributed by atoms with E-state index < -0.39 is 29.7 Å². The van der Waals surface area contributed by atoms with Gasteiger partial charge in [0.15, 0.2) is 12.4 Å². The molecule has 9 heteroatoms. The Kier molecular flexibility index (Phi) is 7.01. The number of methoxy groups -OCH3 is 1. The van der Waals surface area contributed by atoms with Crippen LogP contribution in [-0.4, -0.2) is 36.6 Å². The number of aromatic nitrogens is 1. The minimum atomic E-state index is -0.763. The molecule has 0 bridgehead atoms. The Morgan fingerprint density at radius 3 is 2.71 bits per heavy atom. The van der Waals surface area contributed by atoms with Crippen molar-refractivity contribution in [2.75, 3.05) is 20.3 Å². The molecular weight excluding hydrogens is 369 g/mol. The van der Waals surface area contributed by atoms with Crippen LogP contribution in [-0.2, 0) is 16.1 Å². The van der Waals surface area contributed by atoms with Crippen LogP contribution in [0.2, 0.25) is 0 Å². The maximum absolute atomic E-state index is 13.7. The Labute approximate surface area is 159 Å². The van der Waals surface area contributed by atoms with Crippen molar-refractivity contribution in [2.24, 2.45) is 5.73 Å². The zero-order valence-electron chi connectivity index (χ0n) is 15.1. The number of ketones is 1. The Bertz CT molecular complexity index is 994. The molecule has 1 aromatic carbocycles. The van der Waals surface area contributed by atoms with Crippen LogP contribution in [0.4, 0.5) is 4.39 Å². The summed E-state index contributed by atoms with van der Waals surface area (Å²) in [5.41, 5.74) is 4.11. The average molecular weight is 387 g/mol. The highest BCUT2D eigenvalue weighted by Gasteiger charge is 2.19. The molecule has 0 aliphatic carbocycles. The van der Waals surface area contributed by atoms with E-state index in [0.717, 1.165) is 18.2 Å². The largest absolute Gasteiger partial charge is 0.483 e. The van der Waals surface area contributed by atoms with Gasteiger partial charge in [0.2, 0.25) is 0 Å². The monoisotopic (exact) mass is 387 g/mol. The lowest BCUT2D eigenvalue weighted by Gasteiger charge is -2.12. The van der Waals surface area contributed by atoms with Crippen molar-refractivity contribution in [2.45, 2.75) is 13.0 Å². The normalized spacial score (nSPS) is 10.3. The van der Waals surface area contributed by atoms with Crippen molar-refractivity contribution in [3.05, 3.63) is 63.3 Å². The first kappa shape index (κ1) is 20.8. The number of benzene rings is 1. The van der Waals surface area contributed by atoms with E-state index in [1.54, 1.807) is 6.07 Å². The molecule has 0 atom stereocenters. The highest BCUT2D eigenvalue weighted by Crippen LogP contribution is 2.23. The van der Waals surface area contributed by atoms with Gasteiger partial charge < -0.3 is 19.8 Å². The minimum absolute atomic E-state index is 0.00286. The number of hydrogen-bond donors (Lipinski definition) is 1. The van der Waals surface area contributed by atoms with Gasteiger partial charge in [-0.15, -0.1) is 0 Å². The van der Waals surface area contributed by atoms with Gasteiger partial charge in [0.1, 0.15) is 23.2 Å². The third kappa shape index (κ3) is 5.02. The lowest BCUT2D eigenvalue weighted by molar-refractivity contribution is -0.119. The molecule has 0 aliphatic rings. The fourth-order valence-electron chi connectivity index (χ4n) is 2.50. The molecule has 1 heterocycles. The fourth-order valence-corrected chi connectivity index (χ4v) is 2.50. The molecule has 1 aromatic heterocycles. The van der Waals surface area contributed by atoms with Crippen LogP contribution in [0.25, 0.3) is 0 Å². The number of primary amides is 1. The summed E-state index contributed by atoms with van der Waals surface area (Å²) < 4.78 is 25.0. The number of hydrogen-bond acceptors (Lipinski definition) is 6. The van der Waals surface area contributed by atoms with Crippen molar-refractivity contribution in [3.8, 4) is 11.8 Å². The van der Waals surface area contributed by atoms with E-state index in [0.29, 0.717) is 13.0 Å². The first-order valence-corrected chi connectivity index (χ1v) is 8.26. The van der Waals surface area contributed by atoms with E-state index in [1.807, 2.05) is 0 Å². The van der Waals surface area contributed by atoms with Gasteiger partial charge >= 0.3 is 0 Å². The summed E-state index contributed by atoms with van der Waals surface area (Å²) in [5, 5.41) is 9.20. The van der Waals surface area contributed by atoms with Gasteiger partial charge in [0, 0.05) is 32.0 Å². The van der Waals surface area contributed by atoms with Gasteiger partial charge in [-0.2, -0.15) is 5.26 Å². The molecule has 0 saturated heterocycles. The standard InChI is InChI=1S/C19H18FN3O5/c1-27-6-2-5-23-10-13(7-12(9-21)19(23)26)18(25)15-8-14(20)3-4-16(15)28-11-17(22)24/h3-4,7-8,10H,2,5-6,11H2,1H3,(H2,22,24). The Balaban J connectivity index is 2.47. The van der Waals surface area contributed by atoms with Gasteiger partial charge in [-0.25, -0.2) is 4.39 Å². The number of rotatable bonds is 9. The molecular formula is C19H18FN3O5. The molecule has 0 saturated carbocycles. The zero-order valence-corrected chi connectivity index (χ0v) is 15.1. The van der Waals surface area contributed by atoms with Gasteiger partial charge in [-0.3, -0.25) is 14.4 Å². The molecule has 146 valence electrons. The number of carbonyl (C=O) groups excluding carboxylic acids is 2. The summed E-state index contributed by atoms with van der Waals surface area (Å²) in [5.74, 6) is -2.17. The second-order valence-electron chi connectivity index (χ2n) is 5.82. The summed E-state index contributed by atoms with van der Waals surface area (Å²) in [6, 6.07) is 6.11. The van der Waals surface area contributed by atoms with E-state index in [1.165, 1.54) is 23.9 Å². The molecule has 0 aliphatic heterocycles. The molecule has 28 heavy (non-hydrogen) atoms. The Morgan fingerprint density at radius 1 is 1.32 bits per heavy atom. The highest BCUT2D eigenvalue weighted by molar-refractivity contribution is 6.10. The van der Waals surface area contributed by atoms with Crippen LogP contribution < -0.4 is 16.0 Å². The predicted molar refractivity (Wildman–Crippen MR) is 96.4 cm³/mol. The predicted octanol–water partition coefficient (Wildman–Crippen LogP) is 0.991. The van der Waals surface area contributed by atoms with Crippen molar-refractivity contribution in [1.82, 2.24) is 4.57 Å². The number of carbonyl (C=O) groups is 2. The van der Waals surface area contributed by atoms with E-state index in [2.05, 4.69) is 0 Å². The summed E-state index contributed by atoms with van der Waals surface area (Å²) >= 11 is 0. The lowest BCUT2D eigenvalue weighted by atomic mass is 10.0. The van der Waals surface area contributed by atoms with E-state index in [-0.39, 0.29) is 29.0 Å². The molecule has 1 amide bonds. The van der Waals surface area contributed by atoms with Crippen molar-refractivity contribution in [3.63, 3.8) is 0 Å².